The minimum atomic E-state index is -0.994. The van der Waals surface area contributed by atoms with Gasteiger partial charge in [-0.2, -0.15) is 0 Å². The zero-order valence-electron chi connectivity index (χ0n) is 10.3. The van der Waals surface area contributed by atoms with Crippen molar-refractivity contribution in [1.82, 2.24) is 25.2 Å². The molecule has 19 heavy (non-hydrogen) atoms. The van der Waals surface area contributed by atoms with E-state index in [-0.39, 0.29) is 25.2 Å². The van der Waals surface area contributed by atoms with Crippen molar-refractivity contribution in [3.63, 3.8) is 0 Å². The van der Waals surface area contributed by atoms with Gasteiger partial charge in [0.05, 0.1) is 12.7 Å². The average Bonchev–Trinajstić information content (AvgIpc) is 2.94. The normalized spacial score (nSPS) is 18.6. The summed E-state index contributed by atoms with van der Waals surface area (Å²) in [6.45, 7) is 1.17. The summed E-state index contributed by atoms with van der Waals surface area (Å²) in [6, 6.07) is -0.150. The highest BCUT2D eigenvalue weighted by atomic mass is 16.4. The van der Waals surface area contributed by atoms with Gasteiger partial charge in [0.15, 0.2) is 0 Å². The molecule has 0 aliphatic carbocycles. The molecular formula is C10H16N6O3. The Labute approximate surface area is 109 Å². The number of aliphatic carboxylic acids is 1. The Balaban J connectivity index is 1.80. The highest BCUT2D eigenvalue weighted by Gasteiger charge is 2.23. The lowest BCUT2D eigenvalue weighted by Crippen LogP contribution is -2.39. The molecule has 2 rings (SSSR count). The summed E-state index contributed by atoms with van der Waals surface area (Å²) in [6.07, 6.45) is 2.30. The molecule has 0 radical (unpaired) electrons. The Kier molecular flexibility index (Phi) is 3.95. The Morgan fingerprint density at radius 2 is 2.37 bits per heavy atom. The van der Waals surface area contributed by atoms with E-state index in [0.29, 0.717) is 18.8 Å². The molecule has 1 unspecified atom stereocenters. The predicted octanol–water partition coefficient (Wildman–Crippen LogP) is -1.39. The van der Waals surface area contributed by atoms with Crippen molar-refractivity contribution in [2.24, 2.45) is 5.73 Å². The molecule has 0 aromatic carbocycles. The number of carbonyl (C=O) groups excluding carboxylic acids is 1. The van der Waals surface area contributed by atoms with E-state index in [1.807, 2.05) is 0 Å². The minimum absolute atomic E-state index is 0.0437. The average molecular weight is 268 g/mol. The number of carbonyl (C=O) groups is 2. The zero-order valence-corrected chi connectivity index (χ0v) is 10.3. The van der Waals surface area contributed by atoms with Gasteiger partial charge in [0, 0.05) is 19.1 Å². The molecule has 1 fully saturated rings. The molecule has 9 nitrogen and oxygen atoms in total. The summed E-state index contributed by atoms with van der Waals surface area (Å²) in [7, 11) is 0. The summed E-state index contributed by atoms with van der Waals surface area (Å²) in [4.78, 5) is 23.9. The number of aromatic nitrogens is 3. The number of carboxylic acid groups (broad SMARTS) is 1. The van der Waals surface area contributed by atoms with Crippen LogP contribution in [0.25, 0.3) is 0 Å². The van der Waals surface area contributed by atoms with Crippen LogP contribution in [0.5, 0.6) is 0 Å². The fraction of sp³-hybridized carbons (Fsp3) is 0.600. The SMILES string of the molecule is NC1CCN(C(=O)NCc2cn(CC(=O)O)nn2)C1. The van der Waals surface area contributed by atoms with E-state index in [4.69, 9.17) is 10.8 Å². The first kappa shape index (κ1) is 13.3. The lowest BCUT2D eigenvalue weighted by molar-refractivity contribution is -0.137. The molecule has 2 amide bonds. The van der Waals surface area contributed by atoms with Crippen LogP contribution in [0, 0.1) is 0 Å². The summed E-state index contributed by atoms with van der Waals surface area (Å²) >= 11 is 0. The van der Waals surface area contributed by atoms with E-state index >= 15 is 0 Å². The maximum Gasteiger partial charge on any atom is 0.325 e. The number of carboxylic acids is 1. The minimum Gasteiger partial charge on any atom is -0.480 e. The van der Waals surface area contributed by atoms with Crippen molar-refractivity contribution in [1.29, 1.82) is 0 Å². The van der Waals surface area contributed by atoms with E-state index in [1.54, 1.807) is 4.90 Å². The van der Waals surface area contributed by atoms with Gasteiger partial charge >= 0.3 is 12.0 Å². The predicted molar refractivity (Wildman–Crippen MR) is 64.1 cm³/mol. The molecule has 1 atom stereocenters. The van der Waals surface area contributed by atoms with Crippen LogP contribution in [0.3, 0.4) is 0 Å². The molecule has 2 heterocycles. The van der Waals surface area contributed by atoms with Gasteiger partial charge in [-0.25, -0.2) is 9.48 Å². The van der Waals surface area contributed by atoms with Gasteiger partial charge < -0.3 is 21.1 Å². The first-order valence-corrected chi connectivity index (χ1v) is 5.94. The van der Waals surface area contributed by atoms with Crippen molar-refractivity contribution >= 4 is 12.0 Å². The quantitative estimate of drug-likeness (QED) is 0.616. The third kappa shape index (κ3) is 3.65. The third-order valence-electron chi connectivity index (χ3n) is 2.82. The second-order valence-electron chi connectivity index (χ2n) is 4.45. The highest BCUT2D eigenvalue weighted by Crippen LogP contribution is 2.06. The van der Waals surface area contributed by atoms with Crippen molar-refractivity contribution < 1.29 is 14.7 Å². The molecule has 1 saturated heterocycles. The fourth-order valence-electron chi connectivity index (χ4n) is 1.89. The van der Waals surface area contributed by atoms with Crippen LogP contribution in [0.2, 0.25) is 0 Å². The molecule has 0 bridgehead atoms. The number of hydrogen-bond donors (Lipinski definition) is 3. The molecule has 104 valence electrons. The second kappa shape index (κ2) is 5.65. The van der Waals surface area contributed by atoms with E-state index in [1.165, 1.54) is 10.9 Å². The first-order valence-electron chi connectivity index (χ1n) is 5.94. The van der Waals surface area contributed by atoms with E-state index in [2.05, 4.69) is 15.6 Å². The number of nitrogens with zero attached hydrogens (tertiary/aromatic N) is 4. The van der Waals surface area contributed by atoms with Crippen LogP contribution in [0.4, 0.5) is 4.79 Å². The van der Waals surface area contributed by atoms with Gasteiger partial charge in [0.25, 0.3) is 0 Å². The maximum atomic E-state index is 11.8. The van der Waals surface area contributed by atoms with Crippen LogP contribution in [0.1, 0.15) is 12.1 Å². The maximum absolute atomic E-state index is 11.8. The van der Waals surface area contributed by atoms with Crippen molar-refractivity contribution in [2.45, 2.75) is 25.6 Å². The number of amides is 2. The number of nitrogens with one attached hydrogen (secondary N) is 1. The fourth-order valence-corrected chi connectivity index (χ4v) is 1.89. The van der Waals surface area contributed by atoms with Gasteiger partial charge in [-0.1, -0.05) is 5.21 Å². The Bertz CT molecular complexity index is 474. The van der Waals surface area contributed by atoms with Crippen LogP contribution in [0.15, 0.2) is 6.20 Å². The largest absolute Gasteiger partial charge is 0.480 e. The number of hydrogen-bond acceptors (Lipinski definition) is 5. The van der Waals surface area contributed by atoms with Gasteiger partial charge in [-0.15, -0.1) is 5.10 Å². The summed E-state index contributed by atoms with van der Waals surface area (Å²) in [5.74, 6) is -0.994. The lowest BCUT2D eigenvalue weighted by atomic mass is 10.3. The van der Waals surface area contributed by atoms with Crippen LogP contribution >= 0.6 is 0 Å². The zero-order chi connectivity index (χ0) is 13.8. The first-order chi connectivity index (χ1) is 9.04. The van der Waals surface area contributed by atoms with Crippen molar-refractivity contribution in [3.05, 3.63) is 11.9 Å². The molecule has 1 aliphatic rings. The van der Waals surface area contributed by atoms with Gasteiger partial charge in [-0.3, -0.25) is 4.79 Å². The number of likely N-dealkylation sites (tertiary alicyclic amines) is 1. The van der Waals surface area contributed by atoms with Crippen molar-refractivity contribution in [3.8, 4) is 0 Å². The molecule has 1 aromatic rings. The van der Waals surface area contributed by atoms with Crippen LogP contribution < -0.4 is 11.1 Å². The topological polar surface area (TPSA) is 126 Å². The number of nitrogens with two attached hydrogens (primary N) is 1. The molecule has 9 heteroatoms. The van der Waals surface area contributed by atoms with E-state index in [0.717, 1.165) is 6.42 Å². The molecular weight excluding hydrogens is 252 g/mol. The highest BCUT2D eigenvalue weighted by molar-refractivity contribution is 5.74. The lowest BCUT2D eigenvalue weighted by Gasteiger charge is -2.15. The monoisotopic (exact) mass is 268 g/mol. The summed E-state index contributed by atoms with van der Waals surface area (Å²) in [5.41, 5.74) is 6.23. The van der Waals surface area contributed by atoms with Gasteiger partial charge in [0.2, 0.25) is 0 Å². The van der Waals surface area contributed by atoms with Crippen LogP contribution in [-0.2, 0) is 17.9 Å². The molecule has 0 saturated carbocycles. The van der Waals surface area contributed by atoms with Crippen LogP contribution in [-0.4, -0.2) is 56.1 Å². The smallest absolute Gasteiger partial charge is 0.325 e. The van der Waals surface area contributed by atoms with Gasteiger partial charge in [-0.05, 0) is 6.42 Å². The molecule has 4 N–H and O–H groups in total. The second-order valence-corrected chi connectivity index (χ2v) is 4.45. The molecule has 1 aromatic heterocycles. The Morgan fingerprint density at radius 3 is 3.00 bits per heavy atom. The van der Waals surface area contributed by atoms with E-state index < -0.39 is 5.97 Å². The summed E-state index contributed by atoms with van der Waals surface area (Å²) in [5, 5.41) is 18.7. The van der Waals surface area contributed by atoms with E-state index in [9.17, 15) is 9.59 Å². The molecule has 0 spiro atoms. The van der Waals surface area contributed by atoms with Crippen molar-refractivity contribution in [2.75, 3.05) is 13.1 Å². The third-order valence-corrected chi connectivity index (χ3v) is 2.82. The Hall–Kier alpha value is -2.16. The van der Waals surface area contributed by atoms with Gasteiger partial charge in [0.1, 0.15) is 12.2 Å². The number of rotatable bonds is 4. The Morgan fingerprint density at radius 1 is 1.58 bits per heavy atom. The molecule has 1 aliphatic heterocycles. The summed E-state index contributed by atoms with van der Waals surface area (Å²) < 4.78 is 1.20. The number of urea groups is 1. The standard InChI is InChI=1S/C10H16N6O3/c11-7-1-2-15(4-7)10(19)12-3-8-5-16(14-13-8)6-9(17)18/h5,7H,1-4,6,11H2,(H,12,19)(H,17,18).